The average molecular weight is 385 g/mol. The molecule has 5 atom stereocenters. The van der Waals surface area contributed by atoms with Crippen LogP contribution in [0.25, 0.3) is 0 Å². The van der Waals surface area contributed by atoms with Crippen molar-refractivity contribution in [3.8, 4) is 11.5 Å². The van der Waals surface area contributed by atoms with Crippen molar-refractivity contribution in [3.05, 3.63) is 23.3 Å². The van der Waals surface area contributed by atoms with Crippen LogP contribution in [0.15, 0.2) is 12.1 Å². The highest BCUT2D eigenvalue weighted by Gasteiger charge is 2.54. The maximum absolute atomic E-state index is 12.7. The highest BCUT2D eigenvalue weighted by molar-refractivity contribution is 5.76. The number of esters is 1. The van der Waals surface area contributed by atoms with Crippen molar-refractivity contribution in [1.82, 2.24) is 0 Å². The Bertz CT molecular complexity index is 781. The monoisotopic (exact) mass is 384 g/mol. The van der Waals surface area contributed by atoms with Crippen LogP contribution < -0.4 is 4.74 Å². The molecule has 5 rings (SSSR count). The Balaban J connectivity index is 1.48. The van der Waals surface area contributed by atoms with Crippen LogP contribution in [0.4, 0.5) is 0 Å². The number of benzene rings is 1. The molecule has 0 saturated heterocycles. The molecule has 4 heteroatoms. The van der Waals surface area contributed by atoms with Gasteiger partial charge >= 0.3 is 5.97 Å². The summed E-state index contributed by atoms with van der Waals surface area (Å²) in [4.78, 5) is 12.7. The van der Waals surface area contributed by atoms with E-state index >= 15 is 0 Å². The molecule has 0 amide bonds. The predicted molar refractivity (Wildman–Crippen MR) is 106 cm³/mol. The van der Waals surface area contributed by atoms with E-state index in [1.165, 1.54) is 5.56 Å². The molecule has 4 aliphatic carbocycles. The number of aromatic hydroxyl groups is 1. The SMILES string of the molecule is C[C@]12CC[C@@H]3c4c(cc(O)cc4OC(=O)C4CCCC4)CC[C@H]3[C@@H]1CC[C@H]2O. The summed E-state index contributed by atoms with van der Waals surface area (Å²) in [5.74, 6) is 2.14. The number of carbonyl (C=O) groups is 1. The fourth-order valence-corrected chi connectivity index (χ4v) is 7.08. The van der Waals surface area contributed by atoms with Crippen molar-refractivity contribution in [2.45, 2.75) is 83.2 Å². The first-order valence-electron chi connectivity index (χ1n) is 11.2. The van der Waals surface area contributed by atoms with Crippen LogP contribution in [0.1, 0.15) is 81.8 Å². The van der Waals surface area contributed by atoms with Crippen molar-refractivity contribution >= 4 is 5.97 Å². The number of fused-ring (bicyclic) bond motifs is 5. The van der Waals surface area contributed by atoms with Gasteiger partial charge in [-0.05, 0) is 86.2 Å². The summed E-state index contributed by atoms with van der Waals surface area (Å²) >= 11 is 0. The summed E-state index contributed by atoms with van der Waals surface area (Å²) in [5, 5.41) is 20.8. The van der Waals surface area contributed by atoms with E-state index in [9.17, 15) is 15.0 Å². The van der Waals surface area contributed by atoms with Crippen molar-refractivity contribution in [3.63, 3.8) is 0 Å². The summed E-state index contributed by atoms with van der Waals surface area (Å²) in [7, 11) is 0. The van der Waals surface area contributed by atoms with Gasteiger partial charge in [-0.25, -0.2) is 0 Å². The number of phenols is 1. The van der Waals surface area contributed by atoms with Crippen LogP contribution in [0.5, 0.6) is 11.5 Å². The van der Waals surface area contributed by atoms with Gasteiger partial charge in [0.15, 0.2) is 0 Å². The van der Waals surface area contributed by atoms with E-state index in [-0.39, 0.29) is 29.2 Å². The smallest absolute Gasteiger partial charge is 0.314 e. The summed E-state index contributed by atoms with van der Waals surface area (Å²) in [6.07, 6.45) is 9.95. The number of ether oxygens (including phenoxy) is 1. The molecular formula is C24H32O4. The first kappa shape index (κ1) is 18.5. The van der Waals surface area contributed by atoms with E-state index in [0.717, 1.165) is 69.8 Å². The molecule has 2 N–H and O–H groups in total. The molecular weight excluding hydrogens is 352 g/mol. The van der Waals surface area contributed by atoms with Crippen LogP contribution >= 0.6 is 0 Å². The maximum Gasteiger partial charge on any atom is 0.314 e. The lowest BCUT2D eigenvalue weighted by Gasteiger charge is -2.50. The lowest BCUT2D eigenvalue weighted by molar-refractivity contribution is -0.138. The Morgan fingerprint density at radius 1 is 1.11 bits per heavy atom. The van der Waals surface area contributed by atoms with Gasteiger partial charge < -0.3 is 14.9 Å². The number of aryl methyl sites for hydroxylation is 1. The molecule has 28 heavy (non-hydrogen) atoms. The minimum Gasteiger partial charge on any atom is -0.508 e. The lowest BCUT2D eigenvalue weighted by Crippen LogP contribution is -2.44. The summed E-state index contributed by atoms with van der Waals surface area (Å²) in [6, 6.07) is 3.53. The molecule has 3 saturated carbocycles. The standard InChI is InChI=1S/C24H32O4/c1-24-11-10-18-17(19(24)8-9-21(24)26)7-6-15-12-16(25)13-20(22(15)18)28-23(27)14-4-2-3-5-14/h12-14,17-19,21,25-26H,2-11H2,1H3/t17-,18+,19+,21-,24+/m1/s1. The van der Waals surface area contributed by atoms with Gasteiger partial charge in [-0.3, -0.25) is 4.79 Å². The van der Waals surface area contributed by atoms with E-state index in [4.69, 9.17) is 4.74 Å². The van der Waals surface area contributed by atoms with Gasteiger partial charge in [-0.1, -0.05) is 19.8 Å². The van der Waals surface area contributed by atoms with Gasteiger partial charge in [0, 0.05) is 11.6 Å². The minimum atomic E-state index is -0.181. The van der Waals surface area contributed by atoms with Crippen molar-refractivity contribution in [1.29, 1.82) is 0 Å². The number of hydrogen-bond donors (Lipinski definition) is 2. The summed E-state index contributed by atoms with van der Waals surface area (Å²) in [5.41, 5.74) is 2.36. The van der Waals surface area contributed by atoms with E-state index in [1.54, 1.807) is 6.07 Å². The van der Waals surface area contributed by atoms with Crippen molar-refractivity contribution in [2.75, 3.05) is 0 Å². The third-order valence-electron chi connectivity index (χ3n) is 8.62. The number of rotatable bonds is 2. The molecule has 3 fully saturated rings. The second-order valence-electron chi connectivity index (χ2n) is 9.97. The first-order valence-corrected chi connectivity index (χ1v) is 11.2. The fourth-order valence-electron chi connectivity index (χ4n) is 7.08. The van der Waals surface area contributed by atoms with Gasteiger partial charge in [0.1, 0.15) is 11.5 Å². The molecule has 1 aromatic carbocycles. The highest BCUT2D eigenvalue weighted by atomic mass is 16.5. The minimum absolute atomic E-state index is 0.0111. The van der Waals surface area contributed by atoms with Gasteiger partial charge in [-0.2, -0.15) is 0 Å². The Kier molecular flexibility index (Phi) is 4.46. The predicted octanol–water partition coefficient (Wildman–Crippen LogP) is 4.70. The molecule has 0 aliphatic heterocycles. The number of phenolic OH excluding ortho intramolecular Hbond substituents is 1. The number of aliphatic hydroxyl groups is 1. The van der Waals surface area contributed by atoms with E-state index in [2.05, 4.69) is 6.92 Å². The number of carbonyl (C=O) groups excluding carboxylic acids is 1. The summed E-state index contributed by atoms with van der Waals surface area (Å²) in [6.45, 7) is 2.28. The van der Waals surface area contributed by atoms with Crippen LogP contribution in [0, 0.1) is 23.2 Å². The van der Waals surface area contributed by atoms with E-state index in [1.807, 2.05) is 6.07 Å². The molecule has 0 bridgehead atoms. The van der Waals surface area contributed by atoms with Crippen LogP contribution in [-0.2, 0) is 11.2 Å². The lowest BCUT2D eigenvalue weighted by atomic mass is 9.55. The Morgan fingerprint density at radius 3 is 2.68 bits per heavy atom. The van der Waals surface area contributed by atoms with Crippen LogP contribution in [0.3, 0.4) is 0 Å². The molecule has 0 unspecified atom stereocenters. The molecule has 0 radical (unpaired) electrons. The average Bonchev–Trinajstić information content (AvgIpc) is 3.30. The Hall–Kier alpha value is -1.55. The zero-order chi connectivity index (χ0) is 19.5. The fraction of sp³-hybridized carbons (Fsp3) is 0.708. The molecule has 0 heterocycles. The van der Waals surface area contributed by atoms with Crippen LogP contribution in [0.2, 0.25) is 0 Å². The zero-order valence-electron chi connectivity index (χ0n) is 16.8. The first-order chi connectivity index (χ1) is 13.5. The number of aliphatic hydroxyl groups excluding tert-OH is 1. The van der Waals surface area contributed by atoms with E-state index in [0.29, 0.717) is 23.5 Å². The van der Waals surface area contributed by atoms with Gasteiger partial charge in [0.25, 0.3) is 0 Å². The summed E-state index contributed by atoms with van der Waals surface area (Å²) < 4.78 is 5.94. The Morgan fingerprint density at radius 2 is 1.89 bits per heavy atom. The normalized spacial score (nSPS) is 37.2. The van der Waals surface area contributed by atoms with Crippen molar-refractivity contribution in [2.24, 2.45) is 23.2 Å². The number of hydrogen-bond acceptors (Lipinski definition) is 4. The highest BCUT2D eigenvalue weighted by Crippen LogP contribution is 2.62. The van der Waals surface area contributed by atoms with Crippen LogP contribution in [-0.4, -0.2) is 22.3 Å². The topological polar surface area (TPSA) is 66.8 Å². The van der Waals surface area contributed by atoms with Crippen molar-refractivity contribution < 1.29 is 19.7 Å². The molecule has 0 spiro atoms. The van der Waals surface area contributed by atoms with Gasteiger partial charge in [-0.15, -0.1) is 0 Å². The molecule has 0 aromatic heterocycles. The van der Waals surface area contributed by atoms with E-state index < -0.39 is 0 Å². The van der Waals surface area contributed by atoms with Gasteiger partial charge in [0.05, 0.1) is 12.0 Å². The molecule has 152 valence electrons. The third kappa shape index (κ3) is 2.79. The van der Waals surface area contributed by atoms with Gasteiger partial charge in [0.2, 0.25) is 0 Å². The molecule has 4 nitrogen and oxygen atoms in total. The third-order valence-corrected chi connectivity index (χ3v) is 8.62. The second kappa shape index (κ2) is 6.76. The molecule has 4 aliphatic rings. The largest absolute Gasteiger partial charge is 0.508 e. The zero-order valence-corrected chi connectivity index (χ0v) is 16.8. The quantitative estimate of drug-likeness (QED) is 0.573. The molecule has 1 aromatic rings. The second-order valence-corrected chi connectivity index (χ2v) is 9.97. The maximum atomic E-state index is 12.7. The Labute approximate surface area is 167 Å².